The maximum Gasteiger partial charge on any atom is 0.270 e. The minimum Gasteiger partial charge on any atom is -0.344 e. The summed E-state index contributed by atoms with van der Waals surface area (Å²) in [5.41, 5.74) is 1.23. The number of fused-ring (bicyclic) bond motifs is 1. The SMILES string of the molecule is O=C(NC1CCSc2c(F)cccc21)c1ccccn1. The summed E-state index contributed by atoms with van der Waals surface area (Å²) in [5, 5.41) is 2.94. The van der Waals surface area contributed by atoms with Crippen LogP contribution in [0.3, 0.4) is 0 Å². The normalized spacial score (nSPS) is 17.4. The molecule has 102 valence electrons. The molecular formula is C15H13FN2OS. The Morgan fingerprint density at radius 1 is 1.30 bits per heavy atom. The number of thioether (sulfide) groups is 1. The van der Waals surface area contributed by atoms with Gasteiger partial charge in [-0.3, -0.25) is 9.78 Å². The first-order chi connectivity index (χ1) is 9.75. The van der Waals surface area contributed by atoms with E-state index < -0.39 is 0 Å². The van der Waals surface area contributed by atoms with Gasteiger partial charge in [-0.25, -0.2) is 4.39 Å². The number of amides is 1. The van der Waals surface area contributed by atoms with E-state index in [-0.39, 0.29) is 17.8 Å². The third kappa shape index (κ3) is 2.54. The van der Waals surface area contributed by atoms with E-state index in [1.807, 2.05) is 6.07 Å². The van der Waals surface area contributed by atoms with Gasteiger partial charge in [0.05, 0.1) is 6.04 Å². The highest BCUT2D eigenvalue weighted by molar-refractivity contribution is 7.99. The molecule has 2 aromatic rings. The van der Waals surface area contributed by atoms with Crippen molar-refractivity contribution >= 4 is 17.7 Å². The van der Waals surface area contributed by atoms with Gasteiger partial charge in [0.1, 0.15) is 11.5 Å². The van der Waals surface area contributed by atoms with Gasteiger partial charge in [-0.05, 0) is 30.2 Å². The molecule has 1 aliphatic rings. The van der Waals surface area contributed by atoms with Crippen LogP contribution in [0.5, 0.6) is 0 Å². The van der Waals surface area contributed by atoms with E-state index in [2.05, 4.69) is 10.3 Å². The second kappa shape index (κ2) is 5.63. The largest absolute Gasteiger partial charge is 0.344 e. The number of hydrogen-bond acceptors (Lipinski definition) is 3. The third-order valence-electron chi connectivity index (χ3n) is 3.23. The lowest BCUT2D eigenvalue weighted by Gasteiger charge is -2.26. The number of benzene rings is 1. The number of pyridine rings is 1. The van der Waals surface area contributed by atoms with Crippen LogP contribution in [0, 0.1) is 5.82 Å². The number of rotatable bonds is 2. The molecule has 3 nitrogen and oxygen atoms in total. The van der Waals surface area contributed by atoms with E-state index in [1.54, 1.807) is 30.5 Å². The van der Waals surface area contributed by atoms with Crippen LogP contribution in [0.2, 0.25) is 0 Å². The highest BCUT2D eigenvalue weighted by Gasteiger charge is 2.24. The number of halogens is 1. The van der Waals surface area contributed by atoms with Gasteiger partial charge in [0.25, 0.3) is 5.91 Å². The first-order valence-electron chi connectivity index (χ1n) is 6.39. The lowest BCUT2D eigenvalue weighted by molar-refractivity contribution is 0.0929. The zero-order valence-electron chi connectivity index (χ0n) is 10.7. The lowest BCUT2D eigenvalue weighted by atomic mass is 10.0. The average molecular weight is 288 g/mol. The van der Waals surface area contributed by atoms with Crippen molar-refractivity contribution in [2.24, 2.45) is 0 Å². The summed E-state index contributed by atoms with van der Waals surface area (Å²) in [4.78, 5) is 16.8. The molecule has 0 spiro atoms. The molecule has 0 aliphatic carbocycles. The molecule has 5 heteroatoms. The Morgan fingerprint density at radius 2 is 2.20 bits per heavy atom. The minimum atomic E-state index is -0.224. The Kier molecular flexibility index (Phi) is 3.69. The van der Waals surface area contributed by atoms with Crippen molar-refractivity contribution < 1.29 is 9.18 Å². The molecule has 20 heavy (non-hydrogen) atoms. The quantitative estimate of drug-likeness (QED) is 0.922. The zero-order valence-corrected chi connectivity index (χ0v) is 11.5. The van der Waals surface area contributed by atoms with Crippen LogP contribution in [0.4, 0.5) is 4.39 Å². The number of carbonyl (C=O) groups is 1. The molecular weight excluding hydrogens is 275 g/mol. The molecule has 0 saturated heterocycles. The topological polar surface area (TPSA) is 42.0 Å². The second-order valence-corrected chi connectivity index (χ2v) is 5.64. The molecule has 0 saturated carbocycles. The van der Waals surface area contributed by atoms with E-state index in [4.69, 9.17) is 0 Å². The summed E-state index contributed by atoms with van der Waals surface area (Å²) in [6, 6.07) is 10.0. The summed E-state index contributed by atoms with van der Waals surface area (Å²) in [6.45, 7) is 0. The van der Waals surface area contributed by atoms with Crippen molar-refractivity contribution in [1.82, 2.24) is 10.3 Å². The maximum absolute atomic E-state index is 13.8. The maximum atomic E-state index is 13.8. The van der Waals surface area contributed by atoms with Crippen LogP contribution >= 0.6 is 11.8 Å². The second-order valence-electron chi connectivity index (χ2n) is 4.54. The molecule has 1 aliphatic heterocycles. The van der Waals surface area contributed by atoms with Crippen molar-refractivity contribution in [1.29, 1.82) is 0 Å². The molecule has 1 aromatic heterocycles. The Morgan fingerprint density at radius 3 is 3.00 bits per heavy atom. The van der Waals surface area contributed by atoms with E-state index in [0.29, 0.717) is 10.6 Å². The van der Waals surface area contributed by atoms with Crippen molar-refractivity contribution in [3.8, 4) is 0 Å². The predicted octanol–water partition coefficient (Wildman–Crippen LogP) is 3.19. The Labute approximate surface area is 120 Å². The van der Waals surface area contributed by atoms with Crippen molar-refractivity contribution in [3.05, 3.63) is 59.7 Å². The van der Waals surface area contributed by atoms with E-state index in [0.717, 1.165) is 17.7 Å². The van der Waals surface area contributed by atoms with Crippen LogP contribution in [0.15, 0.2) is 47.5 Å². The summed E-state index contributed by atoms with van der Waals surface area (Å²) in [5.74, 6) is 0.350. The summed E-state index contributed by atoms with van der Waals surface area (Å²) in [7, 11) is 0. The fraction of sp³-hybridized carbons (Fsp3) is 0.200. The summed E-state index contributed by atoms with van der Waals surface area (Å²) in [6.07, 6.45) is 2.37. The number of hydrogen-bond donors (Lipinski definition) is 1. The van der Waals surface area contributed by atoms with E-state index in [9.17, 15) is 9.18 Å². The number of nitrogens with one attached hydrogen (secondary N) is 1. The molecule has 1 unspecified atom stereocenters. The van der Waals surface area contributed by atoms with Crippen LogP contribution in [-0.4, -0.2) is 16.6 Å². The van der Waals surface area contributed by atoms with Gasteiger partial charge >= 0.3 is 0 Å². The number of aromatic nitrogens is 1. The molecule has 3 rings (SSSR count). The van der Waals surface area contributed by atoms with E-state index in [1.165, 1.54) is 17.8 Å². The predicted molar refractivity (Wildman–Crippen MR) is 76.2 cm³/mol. The zero-order chi connectivity index (χ0) is 13.9. The Hall–Kier alpha value is -1.88. The number of nitrogens with zero attached hydrogens (tertiary/aromatic N) is 1. The summed E-state index contributed by atoms with van der Waals surface area (Å²) >= 11 is 1.50. The lowest BCUT2D eigenvalue weighted by Crippen LogP contribution is -2.31. The van der Waals surface area contributed by atoms with Crippen LogP contribution in [-0.2, 0) is 0 Å². The molecule has 1 amide bonds. The van der Waals surface area contributed by atoms with Gasteiger partial charge in [-0.2, -0.15) is 0 Å². The smallest absolute Gasteiger partial charge is 0.270 e. The van der Waals surface area contributed by atoms with Gasteiger partial charge in [0.2, 0.25) is 0 Å². The first kappa shape index (κ1) is 13.1. The van der Waals surface area contributed by atoms with Crippen LogP contribution in [0.1, 0.15) is 28.5 Å². The molecule has 0 bridgehead atoms. The van der Waals surface area contributed by atoms with Gasteiger partial charge < -0.3 is 5.32 Å². The van der Waals surface area contributed by atoms with Crippen LogP contribution < -0.4 is 5.32 Å². The van der Waals surface area contributed by atoms with Crippen LogP contribution in [0.25, 0.3) is 0 Å². The molecule has 1 N–H and O–H groups in total. The fourth-order valence-corrected chi connectivity index (χ4v) is 3.41. The fourth-order valence-electron chi connectivity index (χ4n) is 2.27. The van der Waals surface area contributed by atoms with Gasteiger partial charge in [-0.15, -0.1) is 11.8 Å². The highest BCUT2D eigenvalue weighted by Crippen LogP contribution is 2.37. The van der Waals surface area contributed by atoms with Gasteiger partial charge in [0.15, 0.2) is 0 Å². The van der Waals surface area contributed by atoms with Crippen molar-refractivity contribution in [2.45, 2.75) is 17.4 Å². The van der Waals surface area contributed by atoms with Crippen molar-refractivity contribution in [3.63, 3.8) is 0 Å². The minimum absolute atomic E-state index is 0.156. The Bertz CT molecular complexity index is 633. The average Bonchev–Trinajstić information content (AvgIpc) is 2.49. The summed E-state index contributed by atoms with van der Waals surface area (Å²) < 4.78 is 13.8. The molecule has 0 radical (unpaired) electrons. The number of carbonyl (C=O) groups excluding carboxylic acids is 1. The highest BCUT2D eigenvalue weighted by atomic mass is 32.2. The van der Waals surface area contributed by atoms with Gasteiger partial charge in [0, 0.05) is 16.8 Å². The van der Waals surface area contributed by atoms with Crippen molar-refractivity contribution in [2.75, 3.05) is 5.75 Å². The molecule has 1 aromatic carbocycles. The molecule has 2 heterocycles. The third-order valence-corrected chi connectivity index (χ3v) is 4.39. The first-order valence-corrected chi connectivity index (χ1v) is 7.37. The standard InChI is InChI=1S/C15H13FN2OS/c16-11-5-3-4-10-12(7-9-20-14(10)11)18-15(19)13-6-1-2-8-17-13/h1-6,8,12H,7,9H2,(H,18,19). The van der Waals surface area contributed by atoms with E-state index >= 15 is 0 Å². The molecule has 1 atom stereocenters. The molecule has 0 fully saturated rings. The monoisotopic (exact) mass is 288 g/mol. The Balaban J connectivity index is 1.84. The van der Waals surface area contributed by atoms with Gasteiger partial charge in [-0.1, -0.05) is 18.2 Å².